The molecule has 0 unspecified atom stereocenters. The Balaban J connectivity index is 1.33. The van der Waals surface area contributed by atoms with Gasteiger partial charge in [0.2, 0.25) is 5.95 Å². The largest absolute Gasteiger partial charge is 0.444 e. The normalized spacial score (nSPS) is 20.3. The van der Waals surface area contributed by atoms with Gasteiger partial charge in [0.1, 0.15) is 5.60 Å². The Kier molecular flexibility index (Phi) is 8.66. The van der Waals surface area contributed by atoms with Crippen LogP contribution in [0.25, 0.3) is 11.0 Å². The minimum Gasteiger partial charge on any atom is -0.444 e. The van der Waals surface area contributed by atoms with E-state index in [9.17, 15) is 14.7 Å². The van der Waals surface area contributed by atoms with Crippen LogP contribution in [-0.2, 0) is 11.3 Å². The van der Waals surface area contributed by atoms with Gasteiger partial charge in [0.25, 0.3) is 5.91 Å². The summed E-state index contributed by atoms with van der Waals surface area (Å²) in [6, 6.07) is 14.2. The van der Waals surface area contributed by atoms with Crippen molar-refractivity contribution in [3.05, 3.63) is 59.2 Å². The van der Waals surface area contributed by atoms with Gasteiger partial charge < -0.3 is 19.3 Å². The van der Waals surface area contributed by atoms with Gasteiger partial charge in [-0.1, -0.05) is 23.8 Å². The molecule has 0 spiro atoms. The molecule has 220 valence electrons. The summed E-state index contributed by atoms with van der Waals surface area (Å²) < 4.78 is 7.73. The molecule has 1 saturated carbocycles. The molecule has 41 heavy (non-hydrogen) atoms. The fourth-order valence-electron chi connectivity index (χ4n) is 5.92. The predicted molar refractivity (Wildman–Crippen MR) is 160 cm³/mol. The highest BCUT2D eigenvalue weighted by Crippen LogP contribution is 2.37. The van der Waals surface area contributed by atoms with Gasteiger partial charge in [0, 0.05) is 50.9 Å². The third kappa shape index (κ3) is 7.08. The van der Waals surface area contributed by atoms with E-state index >= 15 is 0 Å². The van der Waals surface area contributed by atoms with Crippen molar-refractivity contribution in [2.24, 2.45) is 5.92 Å². The third-order valence-corrected chi connectivity index (χ3v) is 8.13. The van der Waals surface area contributed by atoms with E-state index < -0.39 is 5.60 Å². The predicted octanol–water partition coefficient (Wildman–Crippen LogP) is 5.37. The number of imidazole rings is 1. The zero-order valence-electron chi connectivity index (χ0n) is 24.7. The van der Waals surface area contributed by atoms with Gasteiger partial charge in [-0.15, -0.1) is 0 Å². The first kappa shape index (κ1) is 29.1. The van der Waals surface area contributed by atoms with Crippen molar-refractivity contribution in [1.29, 1.82) is 0 Å². The van der Waals surface area contributed by atoms with E-state index in [1.807, 2.05) is 52.0 Å². The minimum atomic E-state index is -0.496. The smallest absolute Gasteiger partial charge is 0.410 e. The summed E-state index contributed by atoms with van der Waals surface area (Å²) >= 11 is 0. The second-order valence-corrected chi connectivity index (χ2v) is 12.6. The van der Waals surface area contributed by atoms with Gasteiger partial charge in [-0.3, -0.25) is 15.0 Å². The Morgan fingerprint density at radius 1 is 1.02 bits per heavy atom. The van der Waals surface area contributed by atoms with Crippen LogP contribution in [0.5, 0.6) is 0 Å². The molecule has 1 saturated heterocycles. The molecular weight excluding hydrogens is 518 g/mol. The molecule has 3 aromatic rings. The molecule has 1 aromatic heterocycles. The number of carbonyl (C=O) groups is 2. The Morgan fingerprint density at radius 2 is 1.76 bits per heavy atom. The Morgan fingerprint density at radius 3 is 2.41 bits per heavy atom. The highest BCUT2D eigenvalue weighted by atomic mass is 16.6. The fraction of sp³-hybridized carbons (Fsp3) is 0.531. The summed E-state index contributed by atoms with van der Waals surface area (Å²) in [5.74, 6) is 0.744. The van der Waals surface area contributed by atoms with Crippen LogP contribution in [0, 0.1) is 12.8 Å². The number of piperazine rings is 1. The SMILES string of the molecule is Cc1cccc(C(=O)Nc2nc3cc(CN4CCN(C(=O)OC(C)(C)C)CC4)ccc3n2C2CCC(CO)CC2)c1. The van der Waals surface area contributed by atoms with Crippen molar-refractivity contribution in [1.82, 2.24) is 19.4 Å². The molecule has 2 N–H and O–H groups in total. The number of fused-ring (bicyclic) bond motifs is 1. The second kappa shape index (κ2) is 12.2. The number of hydrogen-bond donors (Lipinski definition) is 2. The lowest BCUT2D eigenvalue weighted by Gasteiger charge is -2.35. The molecule has 9 heteroatoms. The molecule has 1 aliphatic carbocycles. The number of nitrogens with one attached hydrogen (secondary N) is 1. The second-order valence-electron chi connectivity index (χ2n) is 12.6. The van der Waals surface area contributed by atoms with Crippen molar-refractivity contribution >= 4 is 29.0 Å². The molecule has 2 amide bonds. The van der Waals surface area contributed by atoms with Crippen molar-refractivity contribution in [2.45, 2.75) is 71.6 Å². The molecule has 9 nitrogen and oxygen atoms in total. The average molecular weight is 562 g/mol. The highest BCUT2D eigenvalue weighted by Gasteiger charge is 2.28. The van der Waals surface area contributed by atoms with Gasteiger partial charge in [-0.25, -0.2) is 9.78 Å². The number of nitrogens with zero attached hydrogens (tertiary/aromatic N) is 4. The van der Waals surface area contributed by atoms with Crippen molar-refractivity contribution in [2.75, 3.05) is 38.1 Å². The summed E-state index contributed by atoms with van der Waals surface area (Å²) in [7, 11) is 0. The van der Waals surface area contributed by atoms with Crippen LogP contribution in [0.3, 0.4) is 0 Å². The number of benzene rings is 2. The molecule has 0 bridgehead atoms. The van der Waals surface area contributed by atoms with Crippen LogP contribution < -0.4 is 5.32 Å². The first-order valence-electron chi connectivity index (χ1n) is 14.8. The maximum absolute atomic E-state index is 13.2. The molecule has 2 fully saturated rings. The van der Waals surface area contributed by atoms with Gasteiger partial charge in [-0.2, -0.15) is 0 Å². The van der Waals surface area contributed by atoms with E-state index in [0.29, 0.717) is 30.5 Å². The number of rotatable bonds is 6. The number of carbonyl (C=O) groups excluding carboxylic acids is 2. The van der Waals surface area contributed by atoms with Gasteiger partial charge in [0.05, 0.1) is 11.0 Å². The number of amides is 2. The monoisotopic (exact) mass is 561 g/mol. The van der Waals surface area contributed by atoms with E-state index in [0.717, 1.165) is 67.5 Å². The first-order valence-corrected chi connectivity index (χ1v) is 14.8. The summed E-state index contributed by atoms with van der Waals surface area (Å²) in [5, 5.41) is 12.7. The summed E-state index contributed by atoms with van der Waals surface area (Å²) in [5.41, 5.74) is 4.16. The molecular formula is C32H43N5O4. The van der Waals surface area contributed by atoms with E-state index in [4.69, 9.17) is 9.72 Å². The van der Waals surface area contributed by atoms with Crippen LogP contribution >= 0.6 is 0 Å². The Hall–Kier alpha value is -3.43. The molecule has 5 rings (SSSR count). The first-order chi connectivity index (χ1) is 19.6. The zero-order valence-corrected chi connectivity index (χ0v) is 24.7. The maximum atomic E-state index is 13.2. The summed E-state index contributed by atoms with van der Waals surface area (Å²) in [6.07, 6.45) is 3.54. The van der Waals surface area contributed by atoms with E-state index in [1.165, 1.54) is 0 Å². The number of aryl methyl sites for hydroxylation is 1. The fourth-order valence-corrected chi connectivity index (χ4v) is 5.92. The van der Waals surface area contributed by atoms with Crippen molar-refractivity contribution in [3.8, 4) is 0 Å². The van der Waals surface area contributed by atoms with Crippen LogP contribution in [0.2, 0.25) is 0 Å². The molecule has 2 aromatic carbocycles. The van der Waals surface area contributed by atoms with Gasteiger partial charge in [0.15, 0.2) is 0 Å². The van der Waals surface area contributed by atoms with E-state index in [2.05, 4.69) is 33.0 Å². The van der Waals surface area contributed by atoms with Crippen LogP contribution in [0.15, 0.2) is 42.5 Å². The van der Waals surface area contributed by atoms with Crippen molar-refractivity contribution < 1.29 is 19.4 Å². The van der Waals surface area contributed by atoms with Crippen LogP contribution in [0.1, 0.15) is 74.0 Å². The number of anilines is 1. The maximum Gasteiger partial charge on any atom is 0.410 e. The number of hydrogen-bond acceptors (Lipinski definition) is 6. The number of aliphatic hydroxyl groups is 1. The lowest BCUT2D eigenvalue weighted by molar-refractivity contribution is 0.0139. The van der Waals surface area contributed by atoms with E-state index in [-0.39, 0.29) is 24.6 Å². The average Bonchev–Trinajstić information content (AvgIpc) is 3.29. The van der Waals surface area contributed by atoms with Gasteiger partial charge in [-0.05, 0) is 89.1 Å². The molecule has 0 radical (unpaired) electrons. The summed E-state index contributed by atoms with van der Waals surface area (Å²) in [4.78, 5) is 34.7. The highest BCUT2D eigenvalue weighted by molar-refractivity contribution is 6.04. The molecule has 0 atom stereocenters. The zero-order chi connectivity index (χ0) is 29.1. The lowest BCUT2D eigenvalue weighted by Crippen LogP contribution is -2.49. The summed E-state index contributed by atoms with van der Waals surface area (Å²) in [6.45, 7) is 11.4. The molecule has 1 aliphatic heterocycles. The lowest BCUT2D eigenvalue weighted by atomic mass is 9.86. The standard InChI is InChI=1S/C32H43N5O4/c1-22-6-5-7-25(18-22)29(39)34-30-33-27-19-24(10-13-28(27)37(30)26-11-8-23(21-38)9-12-26)20-35-14-16-36(17-15-35)31(40)41-32(2,3)4/h5-7,10,13,18-19,23,26,38H,8-9,11-12,14-17,20-21H2,1-4H3,(H,33,34,39). The number of aromatic nitrogens is 2. The topological polar surface area (TPSA) is 99.9 Å². The van der Waals surface area contributed by atoms with Crippen LogP contribution in [-0.4, -0.2) is 74.8 Å². The Bertz CT molecular complexity index is 1380. The third-order valence-electron chi connectivity index (χ3n) is 8.13. The van der Waals surface area contributed by atoms with Crippen molar-refractivity contribution in [3.63, 3.8) is 0 Å². The number of ether oxygens (including phenoxy) is 1. The molecule has 2 heterocycles. The van der Waals surface area contributed by atoms with E-state index in [1.54, 1.807) is 4.90 Å². The van der Waals surface area contributed by atoms with Crippen LogP contribution in [0.4, 0.5) is 10.7 Å². The number of aliphatic hydroxyl groups excluding tert-OH is 1. The minimum absolute atomic E-state index is 0.169. The quantitative estimate of drug-likeness (QED) is 0.420. The van der Waals surface area contributed by atoms with Gasteiger partial charge >= 0.3 is 6.09 Å². The Labute approximate surface area is 242 Å². The molecule has 2 aliphatic rings.